The second-order valence-corrected chi connectivity index (χ2v) is 5.75. The van der Waals surface area contributed by atoms with E-state index in [2.05, 4.69) is 17.2 Å². The lowest BCUT2D eigenvalue weighted by Gasteiger charge is -2.36. The molecule has 0 saturated carbocycles. The van der Waals surface area contributed by atoms with Gasteiger partial charge in [-0.3, -0.25) is 9.78 Å². The number of rotatable bonds is 5. The number of carbonyl (C=O) groups excluding carboxylic acids is 1. The van der Waals surface area contributed by atoms with Crippen molar-refractivity contribution in [2.24, 2.45) is 5.41 Å². The van der Waals surface area contributed by atoms with Crippen molar-refractivity contribution >= 4 is 17.4 Å². The maximum atomic E-state index is 12.7. The number of hydrogen-bond acceptors (Lipinski definition) is 3. The lowest BCUT2D eigenvalue weighted by Crippen LogP contribution is -2.42. The lowest BCUT2D eigenvalue weighted by atomic mass is 9.70. The summed E-state index contributed by atoms with van der Waals surface area (Å²) < 4.78 is 0. The number of Topliss-reactive ketones (excluding diaryl/α,β-unsaturated/α-hetero) is 1. The summed E-state index contributed by atoms with van der Waals surface area (Å²) in [5.74, 6) is 0.337. The minimum atomic E-state index is -0.146. The van der Waals surface area contributed by atoms with Gasteiger partial charge in [0, 0.05) is 24.2 Å². The van der Waals surface area contributed by atoms with E-state index in [4.69, 9.17) is 11.6 Å². The first-order chi connectivity index (χ1) is 9.18. The summed E-state index contributed by atoms with van der Waals surface area (Å²) in [6.45, 7) is 4.03. The van der Waals surface area contributed by atoms with E-state index in [0.29, 0.717) is 17.2 Å². The predicted octanol–water partition coefficient (Wildman–Crippen LogP) is 3.02. The Morgan fingerprint density at radius 3 is 2.84 bits per heavy atom. The van der Waals surface area contributed by atoms with Gasteiger partial charge in [0.05, 0.1) is 5.02 Å². The Morgan fingerprint density at radius 2 is 2.21 bits per heavy atom. The minimum Gasteiger partial charge on any atom is -0.317 e. The Labute approximate surface area is 119 Å². The molecule has 4 heteroatoms. The van der Waals surface area contributed by atoms with E-state index in [1.165, 1.54) is 0 Å². The Hall–Kier alpha value is -0.930. The van der Waals surface area contributed by atoms with E-state index < -0.39 is 0 Å². The van der Waals surface area contributed by atoms with Crippen LogP contribution in [0.5, 0.6) is 0 Å². The Bertz CT molecular complexity index is 436. The van der Waals surface area contributed by atoms with Gasteiger partial charge in [0.1, 0.15) is 5.78 Å². The molecule has 0 amide bonds. The van der Waals surface area contributed by atoms with Crippen LogP contribution >= 0.6 is 11.6 Å². The van der Waals surface area contributed by atoms with Crippen LogP contribution in [-0.2, 0) is 11.2 Å². The number of nitrogens with one attached hydrogen (secondary N) is 1. The number of aromatic nitrogens is 1. The van der Waals surface area contributed by atoms with Crippen LogP contribution < -0.4 is 5.32 Å². The standard InChI is InChI=1S/C15H21ClN2O/c1-2-4-15(5-8-17-9-6-15)14(19)10-12-3-7-18-11-13(12)16/h3,7,11,17H,2,4-6,8-10H2,1H3. The van der Waals surface area contributed by atoms with Crippen LogP contribution in [-0.4, -0.2) is 23.9 Å². The molecule has 0 bridgehead atoms. The van der Waals surface area contributed by atoms with Crippen LogP contribution in [0.15, 0.2) is 18.5 Å². The third-order valence-corrected chi connectivity index (χ3v) is 4.43. The van der Waals surface area contributed by atoms with E-state index in [1.54, 1.807) is 12.4 Å². The Balaban J connectivity index is 2.14. The highest BCUT2D eigenvalue weighted by molar-refractivity contribution is 6.31. The average molecular weight is 281 g/mol. The first kappa shape index (κ1) is 14.5. The molecule has 104 valence electrons. The Kier molecular flexibility index (Phi) is 4.94. The number of carbonyl (C=O) groups is 1. The summed E-state index contributed by atoms with van der Waals surface area (Å²) >= 11 is 6.10. The van der Waals surface area contributed by atoms with Crippen LogP contribution in [0.2, 0.25) is 5.02 Å². The molecule has 1 N–H and O–H groups in total. The molecular weight excluding hydrogens is 260 g/mol. The first-order valence-electron chi connectivity index (χ1n) is 7.00. The molecule has 0 spiro atoms. The van der Waals surface area contributed by atoms with Crippen molar-refractivity contribution in [2.75, 3.05) is 13.1 Å². The highest BCUT2D eigenvalue weighted by atomic mass is 35.5. The van der Waals surface area contributed by atoms with Crippen molar-refractivity contribution in [2.45, 2.75) is 39.0 Å². The zero-order chi connectivity index (χ0) is 13.7. The summed E-state index contributed by atoms with van der Waals surface area (Å²) in [5.41, 5.74) is 0.753. The van der Waals surface area contributed by atoms with E-state index in [1.807, 2.05) is 6.07 Å². The van der Waals surface area contributed by atoms with Gasteiger partial charge in [0.25, 0.3) is 0 Å². The van der Waals surface area contributed by atoms with Crippen molar-refractivity contribution in [1.29, 1.82) is 0 Å². The summed E-state index contributed by atoms with van der Waals surface area (Å²) in [6, 6.07) is 1.85. The molecular formula is C15H21ClN2O. The van der Waals surface area contributed by atoms with Gasteiger partial charge in [-0.15, -0.1) is 0 Å². The van der Waals surface area contributed by atoms with Crippen LogP contribution in [0.1, 0.15) is 38.2 Å². The van der Waals surface area contributed by atoms with Crippen LogP contribution in [0, 0.1) is 5.41 Å². The van der Waals surface area contributed by atoms with Crippen LogP contribution in [0.25, 0.3) is 0 Å². The second-order valence-electron chi connectivity index (χ2n) is 5.35. The molecule has 0 radical (unpaired) electrons. The smallest absolute Gasteiger partial charge is 0.143 e. The maximum Gasteiger partial charge on any atom is 0.143 e. The topological polar surface area (TPSA) is 42.0 Å². The molecule has 1 aliphatic heterocycles. The monoisotopic (exact) mass is 280 g/mol. The molecule has 1 aromatic heterocycles. The normalized spacial score (nSPS) is 18.2. The highest BCUT2D eigenvalue weighted by Crippen LogP contribution is 2.36. The van der Waals surface area contributed by atoms with Crippen molar-refractivity contribution in [3.05, 3.63) is 29.0 Å². The quantitative estimate of drug-likeness (QED) is 0.901. The molecule has 0 aliphatic carbocycles. The molecule has 1 aromatic rings. The third kappa shape index (κ3) is 3.34. The van der Waals surface area contributed by atoms with Gasteiger partial charge in [-0.25, -0.2) is 0 Å². The number of hydrogen-bond donors (Lipinski definition) is 1. The van der Waals surface area contributed by atoms with E-state index in [0.717, 1.165) is 44.3 Å². The zero-order valence-electron chi connectivity index (χ0n) is 11.4. The maximum absolute atomic E-state index is 12.7. The number of piperidine rings is 1. The number of halogens is 1. The van der Waals surface area contributed by atoms with Crippen molar-refractivity contribution < 1.29 is 4.79 Å². The van der Waals surface area contributed by atoms with E-state index >= 15 is 0 Å². The Morgan fingerprint density at radius 1 is 1.47 bits per heavy atom. The molecule has 2 rings (SSSR count). The molecule has 2 heterocycles. The van der Waals surface area contributed by atoms with Crippen molar-refractivity contribution in [3.8, 4) is 0 Å². The summed E-state index contributed by atoms with van der Waals surface area (Å²) in [7, 11) is 0. The fourth-order valence-corrected chi connectivity index (χ4v) is 3.15. The highest BCUT2D eigenvalue weighted by Gasteiger charge is 2.37. The minimum absolute atomic E-state index is 0.146. The third-order valence-electron chi connectivity index (χ3n) is 4.09. The van der Waals surface area contributed by atoms with Crippen LogP contribution in [0.4, 0.5) is 0 Å². The van der Waals surface area contributed by atoms with E-state index in [-0.39, 0.29) is 5.41 Å². The number of ketones is 1. The van der Waals surface area contributed by atoms with Gasteiger partial charge >= 0.3 is 0 Å². The lowest BCUT2D eigenvalue weighted by molar-refractivity contribution is -0.130. The van der Waals surface area contributed by atoms with Gasteiger partial charge in [-0.1, -0.05) is 24.9 Å². The molecule has 1 aliphatic rings. The SMILES string of the molecule is CCCC1(C(=O)Cc2ccncc2Cl)CCNCC1. The van der Waals surface area contributed by atoms with Gasteiger partial charge in [-0.2, -0.15) is 0 Å². The average Bonchev–Trinajstić information content (AvgIpc) is 2.42. The van der Waals surface area contributed by atoms with Gasteiger partial charge in [-0.05, 0) is 44.0 Å². The second kappa shape index (κ2) is 6.49. The van der Waals surface area contributed by atoms with Crippen molar-refractivity contribution in [3.63, 3.8) is 0 Å². The van der Waals surface area contributed by atoms with E-state index in [9.17, 15) is 4.79 Å². The molecule has 3 nitrogen and oxygen atoms in total. The fraction of sp³-hybridized carbons (Fsp3) is 0.600. The van der Waals surface area contributed by atoms with Crippen LogP contribution in [0.3, 0.4) is 0 Å². The summed E-state index contributed by atoms with van der Waals surface area (Å²) in [4.78, 5) is 16.7. The van der Waals surface area contributed by atoms with Gasteiger partial charge in [0.15, 0.2) is 0 Å². The number of nitrogens with zero attached hydrogens (tertiary/aromatic N) is 1. The first-order valence-corrected chi connectivity index (χ1v) is 7.38. The molecule has 0 unspecified atom stereocenters. The summed E-state index contributed by atoms with van der Waals surface area (Å²) in [6.07, 6.45) is 7.67. The zero-order valence-corrected chi connectivity index (χ0v) is 12.2. The molecule has 1 saturated heterocycles. The van der Waals surface area contributed by atoms with Gasteiger partial charge < -0.3 is 5.32 Å². The predicted molar refractivity (Wildman–Crippen MR) is 77.4 cm³/mol. The molecule has 0 aromatic carbocycles. The largest absolute Gasteiger partial charge is 0.317 e. The van der Waals surface area contributed by atoms with Crippen molar-refractivity contribution in [1.82, 2.24) is 10.3 Å². The molecule has 1 fully saturated rings. The van der Waals surface area contributed by atoms with Gasteiger partial charge in [0.2, 0.25) is 0 Å². The fourth-order valence-electron chi connectivity index (χ4n) is 2.96. The number of pyridine rings is 1. The molecule has 0 atom stereocenters. The molecule has 19 heavy (non-hydrogen) atoms. The summed E-state index contributed by atoms with van der Waals surface area (Å²) in [5, 5.41) is 3.93.